The number of phenols is 1. The molecule has 164 valence electrons. The zero-order chi connectivity index (χ0) is 22.9. The quantitative estimate of drug-likeness (QED) is 0.363. The molecule has 8 heteroatoms. The van der Waals surface area contributed by atoms with Crippen molar-refractivity contribution in [2.75, 3.05) is 4.90 Å². The van der Waals surface area contributed by atoms with Crippen LogP contribution in [0.15, 0.2) is 89.5 Å². The molecule has 1 aliphatic heterocycles. The van der Waals surface area contributed by atoms with Crippen LogP contribution in [0, 0.1) is 0 Å². The zero-order valence-corrected chi connectivity index (χ0v) is 18.1. The first-order valence-electron chi connectivity index (χ1n) is 10.3. The van der Waals surface area contributed by atoms with Gasteiger partial charge in [-0.1, -0.05) is 36.4 Å². The molecule has 1 saturated heterocycles. The Kier molecular flexibility index (Phi) is 5.27. The summed E-state index contributed by atoms with van der Waals surface area (Å²) in [4.78, 5) is 18.0. The second-order valence-corrected chi connectivity index (χ2v) is 7.92. The summed E-state index contributed by atoms with van der Waals surface area (Å²) < 4.78 is 6.22. The van der Waals surface area contributed by atoms with Crippen molar-refractivity contribution in [2.24, 2.45) is 0 Å². The molecular weight excluding hydrogens is 438 g/mol. The molecule has 0 amide bonds. The van der Waals surface area contributed by atoms with E-state index < -0.39 is 12.0 Å². The van der Waals surface area contributed by atoms with E-state index in [1.165, 1.54) is 6.07 Å². The van der Waals surface area contributed by atoms with Gasteiger partial charge in [0.15, 0.2) is 5.11 Å². The van der Waals surface area contributed by atoms with Gasteiger partial charge in [0, 0.05) is 11.8 Å². The number of carboxylic acid groups (broad SMARTS) is 1. The predicted molar refractivity (Wildman–Crippen MR) is 127 cm³/mol. The lowest BCUT2D eigenvalue weighted by Crippen LogP contribution is -2.29. The maximum atomic E-state index is 11.7. The van der Waals surface area contributed by atoms with E-state index in [2.05, 4.69) is 10.3 Å². The van der Waals surface area contributed by atoms with Crippen LogP contribution in [-0.2, 0) is 0 Å². The van der Waals surface area contributed by atoms with E-state index in [9.17, 15) is 15.0 Å². The van der Waals surface area contributed by atoms with Crippen molar-refractivity contribution in [1.82, 2.24) is 10.3 Å². The maximum Gasteiger partial charge on any atom is 0.336 e. The average Bonchev–Trinajstić information content (AvgIpc) is 3.44. The Balaban J connectivity index is 1.63. The summed E-state index contributed by atoms with van der Waals surface area (Å²) in [5, 5.41) is 23.8. The van der Waals surface area contributed by atoms with E-state index in [-0.39, 0.29) is 17.4 Å². The Bertz CT molecular complexity index is 1340. The minimum absolute atomic E-state index is 0.0799. The maximum absolute atomic E-state index is 11.7. The number of aromatic carboxylic acids is 1. The largest absolute Gasteiger partial charge is 0.506 e. The van der Waals surface area contributed by atoms with E-state index in [1.54, 1.807) is 59.6 Å². The predicted octanol–water partition coefficient (Wildman–Crippen LogP) is 4.92. The Hall–Kier alpha value is -4.17. The van der Waals surface area contributed by atoms with E-state index in [0.717, 1.165) is 5.69 Å². The highest BCUT2D eigenvalue weighted by molar-refractivity contribution is 7.80. The Morgan fingerprint density at radius 2 is 1.76 bits per heavy atom. The Morgan fingerprint density at radius 3 is 2.52 bits per heavy atom. The summed E-state index contributed by atoms with van der Waals surface area (Å²) in [6.07, 6.45) is 1.70. The number of carbonyl (C=O) groups is 1. The number of aromatic hydroxyl groups is 1. The number of thiocarbonyl (C=S) groups is 1. The number of rotatable bonds is 5. The van der Waals surface area contributed by atoms with Crippen LogP contribution >= 0.6 is 12.2 Å². The molecule has 0 radical (unpaired) electrons. The van der Waals surface area contributed by atoms with Gasteiger partial charge in [0.2, 0.25) is 0 Å². The highest BCUT2D eigenvalue weighted by Crippen LogP contribution is 2.45. The molecule has 33 heavy (non-hydrogen) atoms. The van der Waals surface area contributed by atoms with Crippen LogP contribution in [0.1, 0.15) is 33.9 Å². The van der Waals surface area contributed by atoms with Crippen LogP contribution in [0.4, 0.5) is 5.69 Å². The third kappa shape index (κ3) is 3.70. The normalized spacial score (nSPS) is 17.7. The van der Waals surface area contributed by atoms with Crippen LogP contribution in [0.3, 0.4) is 0 Å². The molecule has 0 aliphatic carbocycles. The fraction of sp³-hybridized carbons (Fsp3) is 0.0800. The second-order valence-electron chi connectivity index (χ2n) is 7.54. The molecule has 3 N–H and O–H groups in total. The molecule has 1 fully saturated rings. The van der Waals surface area contributed by atoms with Crippen LogP contribution in [0.25, 0.3) is 11.3 Å². The van der Waals surface area contributed by atoms with Gasteiger partial charge in [0.1, 0.15) is 23.3 Å². The number of nitrogens with one attached hydrogen (secondary N) is 1. The molecular formula is C25H19N3O4S. The summed E-state index contributed by atoms with van der Waals surface area (Å²) >= 11 is 5.65. The third-order valence-electron chi connectivity index (χ3n) is 5.58. The van der Waals surface area contributed by atoms with Gasteiger partial charge in [-0.25, -0.2) is 4.79 Å². The summed E-state index contributed by atoms with van der Waals surface area (Å²) in [6, 6.07) is 22.0. The minimum Gasteiger partial charge on any atom is -0.506 e. The van der Waals surface area contributed by atoms with Crippen LogP contribution in [0.2, 0.25) is 0 Å². The molecule has 4 aromatic rings. The van der Waals surface area contributed by atoms with Gasteiger partial charge in [0.05, 0.1) is 23.0 Å². The number of pyridine rings is 1. The highest BCUT2D eigenvalue weighted by Gasteiger charge is 2.43. The van der Waals surface area contributed by atoms with Gasteiger partial charge < -0.3 is 24.8 Å². The monoisotopic (exact) mass is 457 g/mol. The second kappa shape index (κ2) is 8.40. The SMILES string of the molecule is O=C(O)c1ccccc1-c1ccc(C2C(c3ccccn3)NC(=S)N2c2ccccc2O)o1. The molecule has 7 nitrogen and oxygen atoms in total. The van der Waals surface area contributed by atoms with Gasteiger partial charge in [0.25, 0.3) is 0 Å². The summed E-state index contributed by atoms with van der Waals surface area (Å²) in [5.41, 5.74) is 1.92. The number of para-hydroxylation sites is 2. The molecule has 2 aromatic heterocycles. The highest BCUT2D eigenvalue weighted by atomic mass is 32.1. The lowest BCUT2D eigenvalue weighted by molar-refractivity contribution is 0.0697. The van der Waals surface area contributed by atoms with Gasteiger partial charge in [-0.3, -0.25) is 4.98 Å². The zero-order valence-electron chi connectivity index (χ0n) is 17.3. The molecule has 3 heterocycles. The fourth-order valence-electron chi connectivity index (χ4n) is 4.11. The molecule has 1 aliphatic rings. The van der Waals surface area contributed by atoms with Crippen molar-refractivity contribution in [3.63, 3.8) is 0 Å². The molecule has 0 bridgehead atoms. The molecule has 2 atom stereocenters. The fourth-order valence-corrected chi connectivity index (χ4v) is 4.45. The first-order chi connectivity index (χ1) is 16.0. The number of benzene rings is 2. The molecule has 2 aromatic carbocycles. The van der Waals surface area contributed by atoms with Gasteiger partial charge >= 0.3 is 5.97 Å². The summed E-state index contributed by atoms with van der Waals surface area (Å²) in [5.74, 6) is 0.0278. The van der Waals surface area contributed by atoms with Crippen molar-refractivity contribution in [2.45, 2.75) is 12.1 Å². The van der Waals surface area contributed by atoms with Gasteiger partial charge in [-0.15, -0.1) is 0 Å². The van der Waals surface area contributed by atoms with Gasteiger partial charge in [-0.2, -0.15) is 0 Å². The van der Waals surface area contributed by atoms with Crippen molar-refractivity contribution in [3.05, 3.63) is 102 Å². The van der Waals surface area contributed by atoms with Crippen molar-refractivity contribution >= 4 is 29.0 Å². The molecule has 0 spiro atoms. The number of hydrogen-bond donors (Lipinski definition) is 3. The number of furan rings is 1. The van der Waals surface area contributed by atoms with E-state index in [1.807, 2.05) is 24.3 Å². The van der Waals surface area contributed by atoms with Crippen molar-refractivity contribution in [1.29, 1.82) is 0 Å². The summed E-state index contributed by atoms with van der Waals surface area (Å²) in [7, 11) is 0. The molecule has 5 rings (SSSR count). The van der Waals surface area contributed by atoms with Crippen LogP contribution in [0.5, 0.6) is 5.75 Å². The van der Waals surface area contributed by atoms with E-state index in [0.29, 0.717) is 27.9 Å². The van der Waals surface area contributed by atoms with Crippen molar-refractivity contribution < 1.29 is 19.4 Å². The molecule has 2 unspecified atom stereocenters. The number of aromatic nitrogens is 1. The topological polar surface area (TPSA) is 98.8 Å². The number of phenolic OH excluding ortho intramolecular Hbond substituents is 1. The van der Waals surface area contributed by atoms with E-state index in [4.69, 9.17) is 16.6 Å². The van der Waals surface area contributed by atoms with Crippen LogP contribution in [-0.4, -0.2) is 26.3 Å². The number of anilines is 1. The Labute approximate surface area is 194 Å². The summed E-state index contributed by atoms with van der Waals surface area (Å²) in [6.45, 7) is 0. The number of carboxylic acids is 1. The molecule has 0 saturated carbocycles. The third-order valence-corrected chi connectivity index (χ3v) is 5.90. The van der Waals surface area contributed by atoms with Crippen molar-refractivity contribution in [3.8, 4) is 17.1 Å². The first-order valence-corrected chi connectivity index (χ1v) is 10.7. The first kappa shape index (κ1) is 20.7. The van der Waals surface area contributed by atoms with E-state index >= 15 is 0 Å². The number of hydrogen-bond acceptors (Lipinski definition) is 5. The minimum atomic E-state index is -1.03. The standard InChI is InChI=1S/C25H19N3O4S/c29-19-11-4-3-10-18(19)28-23(22(27-25(28)33)17-9-5-6-14-26-17)21-13-12-20(32-21)15-7-1-2-8-16(15)24(30)31/h1-14,22-23,29H,(H,27,33)(H,30,31). The lowest BCUT2D eigenvalue weighted by atomic mass is 10.0. The van der Waals surface area contributed by atoms with Crippen LogP contribution < -0.4 is 10.2 Å². The average molecular weight is 458 g/mol. The lowest BCUT2D eigenvalue weighted by Gasteiger charge is -2.26. The smallest absolute Gasteiger partial charge is 0.336 e. The Morgan fingerprint density at radius 1 is 1.00 bits per heavy atom. The number of nitrogens with zero attached hydrogens (tertiary/aromatic N) is 2. The van der Waals surface area contributed by atoms with Gasteiger partial charge in [-0.05, 0) is 54.7 Å².